The molecule has 1 aromatic carbocycles. The van der Waals surface area contributed by atoms with Crippen LogP contribution in [0.5, 0.6) is 0 Å². The number of amides is 1. The molecular formula is C15H13N3O. The smallest absolute Gasteiger partial charge is 0.267 e. The number of H-pyrrole nitrogens is 1. The molecule has 4 rings (SSSR count). The van der Waals surface area contributed by atoms with Gasteiger partial charge >= 0.3 is 0 Å². The van der Waals surface area contributed by atoms with Gasteiger partial charge in [0.05, 0.1) is 11.0 Å². The second kappa shape index (κ2) is 3.82. The number of carbonyl (C=O) groups is 1. The Labute approximate surface area is 109 Å². The molecule has 0 radical (unpaired) electrons. The van der Waals surface area contributed by atoms with Crippen molar-refractivity contribution in [3.05, 3.63) is 42.2 Å². The van der Waals surface area contributed by atoms with E-state index in [9.17, 15) is 4.79 Å². The number of hydrogen-bond donors (Lipinski definition) is 2. The van der Waals surface area contributed by atoms with E-state index in [1.807, 2.05) is 30.3 Å². The van der Waals surface area contributed by atoms with Crippen molar-refractivity contribution in [2.75, 3.05) is 0 Å². The Bertz CT molecular complexity index is 786. The minimum absolute atomic E-state index is 0.0252. The third kappa shape index (κ3) is 1.76. The zero-order chi connectivity index (χ0) is 12.8. The second-order valence-electron chi connectivity index (χ2n) is 5.04. The Balaban J connectivity index is 1.85. The van der Waals surface area contributed by atoms with Crippen LogP contribution >= 0.6 is 0 Å². The Morgan fingerprint density at radius 2 is 2.11 bits per heavy atom. The molecule has 19 heavy (non-hydrogen) atoms. The third-order valence-electron chi connectivity index (χ3n) is 3.52. The van der Waals surface area contributed by atoms with Crippen molar-refractivity contribution in [3.63, 3.8) is 0 Å². The van der Waals surface area contributed by atoms with E-state index in [0.717, 1.165) is 34.6 Å². The third-order valence-corrected chi connectivity index (χ3v) is 3.52. The topological polar surface area (TPSA) is 57.8 Å². The van der Waals surface area contributed by atoms with Gasteiger partial charge in [-0.3, -0.25) is 9.78 Å². The van der Waals surface area contributed by atoms with Gasteiger partial charge in [-0.15, -0.1) is 0 Å². The van der Waals surface area contributed by atoms with Crippen molar-refractivity contribution in [2.45, 2.75) is 18.9 Å². The van der Waals surface area contributed by atoms with Gasteiger partial charge in [0.1, 0.15) is 5.69 Å². The maximum absolute atomic E-state index is 12.0. The predicted molar refractivity (Wildman–Crippen MR) is 74.1 cm³/mol. The van der Waals surface area contributed by atoms with Gasteiger partial charge < -0.3 is 10.3 Å². The van der Waals surface area contributed by atoms with Crippen molar-refractivity contribution in [3.8, 4) is 0 Å². The summed E-state index contributed by atoms with van der Waals surface area (Å²) in [6, 6.07) is 10.2. The van der Waals surface area contributed by atoms with Gasteiger partial charge in [0.15, 0.2) is 0 Å². The summed E-state index contributed by atoms with van der Waals surface area (Å²) >= 11 is 0. The Kier molecular flexibility index (Phi) is 2.12. The summed E-state index contributed by atoms with van der Waals surface area (Å²) < 4.78 is 0. The summed E-state index contributed by atoms with van der Waals surface area (Å²) in [4.78, 5) is 19.6. The molecule has 0 atom stereocenters. The number of nitrogens with zero attached hydrogens (tertiary/aromatic N) is 1. The highest BCUT2D eigenvalue weighted by Crippen LogP contribution is 2.24. The van der Waals surface area contributed by atoms with E-state index in [4.69, 9.17) is 0 Å². The molecule has 4 nitrogen and oxygen atoms in total. The van der Waals surface area contributed by atoms with Crippen LogP contribution in [0, 0.1) is 0 Å². The fourth-order valence-electron chi connectivity index (χ4n) is 2.35. The van der Waals surface area contributed by atoms with Gasteiger partial charge in [-0.2, -0.15) is 0 Å². The highest BCUT2D eigenvalue weighted by atomic mass is 16.2. The number of hydrogen-bond acceptors (Lipinski definition) is 2. The minimum atomic E-state index is -0.0252. The van der Waals surface area contributed by atoms with Crippen LogP contribution in [0.3, 0.4) is 0 Å². The number of aromatic amines is 1. The van der Waals surface area contributed by atoms with Crippen LogP contribution in [0.2, 0.25) is 0 Å². The summed E-state index contributed by atoms with van der Waals surface area (Å²) in [6.45, 7) is 0. The van der Waals surface area contributed by atoms with Crippen LogP contribution < -0.4 is 5.32 Å². The molecular weight excluding hydrogens is 238 g/mol. The molecule has 1 aliphatic rings. The average Bonchev–Trinajstić information content (AvgIpc) is 3.13. The van der Waals surface area contributed by atoms with E-state index in [1.165, 1.54) is 0 Å². The fraction of sp³-hybridized carbons (Fsp3) is 0.200. The molecule has 0 bridgehead atoms. The van der Waals surface area contributed by atoms with Crippen molar-refractivity contribution < 1.29 is 4.79 Å². The van der Waals surface area contributed by atoms with Crippen molar-refractivity contribution in [2.24, 2.45) is 0 Å². The van der Waals surface area contributed by atoms with Crippen molar-refractivity contribution >= 4 is 27.7 Å². The van der Waals surface area contributed by atoms with E-state index in [-0.39, 0.29) is 5.91 Å². The molecule has 94 valence electrons. The number of aromatic nitrogens is 2. The monoisotopic (exact) mass is 251 g/mol. The predicted octanol–water partition coefficient (Wildman–Crippen LogP) is 2.61. The number of rotatable bonds is 2. The van der Waals surface area contributed by atoms with Crippen molar-refractivity contribution in [1.82, 2.24) is 15.3 Å². The molecule has 1 aliphatic carbocycles. The van der Waals surface area contributed by atoms with Crippen LogP contribution in [-0.4, -0.2) is 21.9 Å². The van der Waals surface area contributed by atoms with E-state index in [1.54, 1.807) is 6.20 Å². The number of carbonyl (C=O) groups excluding carboxylic acids is 1. The van der Waals surface area contributed by atoms with Gasteiger partial charge in [0, 0.05) is 23.0 Å². The average molecular weight is 251 g/mol. The SMILES string of the molecule is O=C(NC1CC1)c1cc2ccc3cccnc3c2[nH]1. The standard InChI is InChI=1S/C15H13N3O/c19-15(17-11-5-6-11)12-8-10-4-3-9-2-1-7-16-13(9)14(10)18-12/h1-4,7-8,11,18H,5-6H2,(H,17,19). The summed E-state index contributed by atoms with van der Waals surface area (Å²) in [6.07, 6.45) is 3.96. The van der Waals surface area contributed by atoms with Gasteiger partial charge in [-0.1, -0.05) is 18.2 Å². The largest absolute Gasteiger partial charge is 0.349 e. The molecule has 0 aliphatic heterocycles. The number of nitrogens with one attached hydrogen (secondary N) is 2. The summed E-state index contributed by atoms with van der Waals surface area (Å²) in [5.74, 6) is -0.0252. The fourth-order valence-corrected chi connectivity index (χ4v) is 2.35. The van der Waals surface area contributed by atoms with Crippen LogP contribution in [0.4, 0.5) is 0 Å². The molecule has 1 amide bonds. The lowest BCUT2D eigenvalue weighted by Gasteiger charge is -1.99. The molecule has 4 heteroatoms. The van der Waals surface area contributed by atoms with Crippen LogP contribution in [-0.2, 0) is 0 Å². The van der Waals surface area contributed by atoms with E-state index in [2.05, 4.69) is 15.3 Å². The first-order chi connectivity index (χ1) is 9.31. The van der Waals surface area contributed by atoms with Gasteiger partial charge in [-0.25, -0.2) is 0 Å². The molecule has 0 unspecified atom stereocenters. The molecule has 0 saturated heterocycles. The van der Waals surface area contributed by atoms with Crippen LogP contribution in [0.1, 0.15) is 23.3 Å². The lowest BCUT2D eigenvalue weighted by atomic mass is 10.1. The summed E-state index contributed by atoms with van der Waals surface area (Å²) in [5, 5.41) is 5.08. The zero-order valence-corrected chi connectivity index (χ0v) is 10.3. The number of fused-ring (bicyclic) bond motifs is 3. The number of benzene rings is 1. The van der Waals surface area contributed by atoms with Gasteiger partial charge in [0.25, 0.3) is 5.91 Å². The van der Waals surface area contributed by atoms with Crippen LogP contribution in [0.15, 0.2) is 36.5 Å². The lowest BCUT2D eigenvalue weighted by molar-refractivity contribution is 0.0947. The van der Waals surface area contributed by atoms with Gasteiger partial charge in [-0.05, 0) is 25.0 Å². The maximum atomic E-state index is 12.0. The van der Waals surface area contributed by atoms with Crippen molar-refractivity contribution in [1.29, 1.82) is 0 Å². The summed E-state index contributed by atoms with van der Waals surface area (Å²) in [5.41, 5.74) is 2.45. The first kappa shape index (κ1) is 10.6. The lowest BCUT2D eigenvalue weighted by Crippen LogP contribution is -2.25. The van der Waals surface area contributed by atoms with Gasteiger partial charge in [0.2, 0.25) is 0 Å². The normalized spacial score (nSPS) is 14.9. The molecule has 2 N–H and O–H groups in total. The molecule has 2 heterocycles. The second-order valence-corrected chi connectivity index (χ2v) is 5.04. The maximum Gasteiger partial charge on any atom is 0.267 e. The first-order valence-corrected chi connectivity index (χ1v) is 6.48. The van der Waals surface area contributed by atoms with E-state index < -0.39 is 0 Å². The molecule has 2 aromatic heterocycles. The summed E-state index contributed by atoms with van der Waals surface area (Å²) in [7, 11) is 0. The molecule has 0 spiro atoms. The first-order valence-electron chi connectivity index (χ1n) is 6.48. The highest BCUT2D eigenvalue weighted by Gasteiger charge is 2.24. The quantitative estimate of drug-likeness (QED) is 0.735. The molecule has 1 fully saturated rings. The molecule has 1 saturated carbocycles. The minimum Gasteiger partial charge on any atom is -0.349 e. The van der Waals surface area contributed by atoms with E-state index >= 15 is 0 Å². The number of pyridine rings is 1. The highest BCUT2D eigenvalue weighted by molar-refractivity contribution is 6.07. The molecule has 3 aromatic rings. The van der Waals surface area contributed by atoms with Crippen LogP contribution in [0.25, 0.3) is 21.8 Å². The van der Waals surface area contributed by atoms with E-state index in [0.29, 0.717) is 11.7 Å². The zero-order valence-electron chi connectivity index (χ0n) is 10.3. The Morgan fingerprint density at radius 3 is 2.95 bits per heavy atom. The Morgan fingerprint density at radius 1 is 1.26 bits per heavy atom. The Hall–Kier alpha value is -2.36.